The van der Waals surface area contributed by atoms with Gasteiger partial charge in [0, 0.05) is 11.8 Å². The maximum absolute atomic E-state index is 13.0. The van der Waals surface area contributed by atoms with Gasteiger partial charge in [-0.3, -0.25) is 9.59 Å². The third kappa shape index (κ3) is 5.31. The van der Waals surface area contributed by atoms with E-state index in [2.05, 4.69) is 15.2 Å². The third-order valence-electron chi connectivity index (χ3n) is 3.21. The fourth-order valence-electron chi connectivity index (χ4n) is 2.05. The molecule has 1 heterocycles. The van der Waals surface area contributed by atoms with Gasteiger partial charge in [-0.2, -0.15) is 4.72 Å². The first-order chi connectivity index (χ1) is 12.6. The number of carbonyl (C=O) groups is 2. The highest BCUT2D eigenvalue weighted by Gasteiger charge is 2.25. The maximum atomic E-state index is 13.0. The number of hydrogen-bond donors (Lipinski definition) is 2. The smallest absolute Gasteiger partial charge is 0.321 e. The molecule has 27 heavy (non-hydrogen) atoms. The van der Waals surface area contributed by atoms with E-state index in [9.17, 15) is 26.8 Å². The molecule has 1 aromatic heterocycles. The van der Waals surface area contributed by atoms with Gasteiger partial charge < -0.3 is 14.6 Å². The summed E-state index contributed by atoms with van der Waals surface area (Å²) in [5, 5.41) is 5.70. The van der Waals surface area contributed by atoms with E-state index in [4.69, 9.17) is 4.52 Å². The number of nitrogens with one attached hydrogen (secondary N) is 2. The number of rotatable bonds is 7. The minimum atomic E-state index is -4.05. The number of carbonyl (C=O) groups excluding carboxylic acids is 2. The molecule has 0 atom stereocenters. The van der Waals surface area contributed by atoms with Gasteiger partial charge in [0.2, 0.25) is 10.0 Å². The first kappa shape index (κ1) is 20.5. The molecule has 0 saturated heterocycles. The molecule has 1 aromatic carbocycles. The van der Waals surface area contributed by atoms with Crippen molar-refractivity contribution >= 4 is 27.6 Å². The monoisotopic (exact) mass is 403 g/mol. The second-order valence-electron chi connectivity index (χ2n) is 5.32. The van der Waals surface area contributed by atoms with Crippen LogP contribution in [0, 0.1) is 25.5 Å². The maximum Gasteiger partial charge on any atom is 0.321 e. The zero-order valence-electron chi connectivity index (χ0n) is 14.2. The number of sulfonamides is 1. The number of halogens is 2. The summed E-state index contributed by atoms with van der Waals surface area (Å²) in [4.78, 5) is 23.0. The Hall–Kier alpha value is -2.86. The Kier molecular flexibility index (Phi) is 6.23. The Morgan fingerprint density at radius 1 is 1.22 bits per heavy atom. The Balaban J connectivity index is 1.83. The molecular weight excluding hydrogens is 388 g/mol. The highest BCUT2D eigenvalue weighted by Crippen LogP contribution is 2.18. The summed E-state index contributed by atoms with van der Waals surface area (Å²) in [7, 11) is -4.05. The lowest BCUT2D eigenvalue weighted by Crippen LogP contribution is -2.32. The minimum absolute atomic E-state index is 0.0333. The van der Waals surface area contributed by atoms with Crippen LogP contribution in [0.3, 0.4) is 0 Å². The van der Waals surface area contributed by atoms with Crippen molar-refractivity contribution < 1.29 is 36.0 Å². The summed E-state index contributed by atoms with van der Waals surface area (Å²) in [6.45, 7) is 1.34. The lowest BCUT2D eigenvalue weighted by atomic mass is 10.3. The van der Waals surface area contributed by atoms with Crippen molar-refractivity contribution in [1.82, 2.24) is 9.88 Å². The Morgan fingerprint density at radius 3 is 2.52 bits per heavy atom. The predicted molar refractivity (Wildman–Crippen MR) is 87.1 cm³/mol. The molecule has 0 aliphatic heterocycles. The van der Waals surface area contributed by atoms with E-state index in [0.717, 1.165) is 18.2 Å². The average molecular weight is 403 g/mol. The van der Waals surface area contributed by atoms with Gasteiger partial charge in [0.05, 0.1) is 0 Å². The van der Waals surface area contributed by atoms with Crippen LogP contribution < -0.4 is 10.0 Å². The molecule has 0 spiro atoms. The van der Waals surface area contributed by atoms with Crippen LogP contribution in [-0.2, 0) is 24.3 Å². The largest absolute Gasteiger partial charge is 0.455 e. The second-order valence-corrected chi connectivity index (χ2v) is 7.02. The van der Waals surface area contributed by atoms with Crippen LogP contribution in [0.1, 0.15) is 11.5 Å². The molecule has 1 amide bonds. The van der Waals surface area contributed by atoms with Crippen molar-refractivity contribution in [3.8, 4) is 0 Å². The SMILES string of the molecule is Cc1noc(C)c1S(=O)(=O)NCC(=O)OCC(=O)Nc1ccc(F)c(F)c1. The quantitative estimate of drug-likeness (QED) is 0.661. The Bertz CT molecular complexity index is 954. The van der Waals surface area contributed by atoms with Gasteiger partial charge in [-0.05, 0) is 26.0 Å². The van der Waals surface area contributed by atoms with Crippen LogP contribution in [-0.4, -0.2) is 38.6 Å². The van der Waals surface area contributed by atoms with Crippen LogP contribution in [0.4, 0.5) is 14.5 Å². The molecule has 0 fully saturated rings. The van der Waals surface area contributed by atoms with E-state index in [1.54, 1.807) is 0 Å². The fraction of sp³-hybridized carbons (Fsp3) is 0.267. The number of amides is 1. The summed E-state index contributed by atoms with van der Waals surface area (Å²) in [5.74, 6) is -4.02. The van der Waals surface area contributed by atoms with Gasteiger partial charge in [-0.25, -0.2) is 17.2 Å². The fourth-order valence-corrected chi connectivity index (χ4v) is 3.35. The molecule has 0 aliphatic rings. The van der Waals surface area contributed by atoms with Gasteiger partial charge in [0.1, 0.15) is 17.1 Å². The molecule has 0 aliphatic carbocycles. The van der Waals surface area contributed by atoms with Crippen molar-refractivity contribution in [2.24, 2.45) is 0 Å². The van der Waals surface area contributed by atoms with Crippen LogP contribution >= 0.6 is 0 Å². The van der Waals surface area contributed by atoms with Crippen molar-refractivity contribution in [2.75, 3.05) is 18.5 Å². The number of aryl methyl sites for hydroxylation is 2. The number of anilines is 1. The van der Waals surface area contributed by atoms with Crippen molar-refractivity contribution in [3.05, 3.63) is 41.3 Å². The summed E-state index contributed by atoms with van der Waals surface area (Å²) < 4.78 is 61.4. The second kappa shape index (κ2) is 8.22. The van der Waals surface area contributed by atoms with Crippen molar-refractivity contribution in [2.45, 2.75) is 18.7 Å². The van der Waals surface area contributed by atoms with E-state index in [0.29, 0.717) is 0 Å². The molecule has 9 nitrogen and oxygen atoms in total. The highest BCUT2D eigenvalue weighted by atomic mass is 32.2. The van der Waals surface area contributed by atoms with Gasteiger partial charge in [0.15, 0.2) is 24.0 Å². The number of aromatic nitrogens is 1. The minimum Gasteiger partial charge on any atom is -0.455 e. The molecule has 2 N–H and O–H groups in total. The first-order valence-electron chi connectivity index (χ1n) is 7.43. The summed E-state index contributed by atoms with van der Waals surface area (Å²) in [6, 6.07) is 2.70. The van der Waals surface area contributed by atoms with E-state index in [-0.39, 0.29) is 22.0 Å². The molecular formula is C15H15F2N3O6S. The van der Waals surface area contributed by atoms with Crippen LogP contribution in [0.15, 0.2) is 27.6 Å². The van der Waals surface area contributed by atoms with Gasteiger partial charge in [-0.15, -0.1) is 0 Å². The zero-order valence-corrected chi connectivity index (χ0v) is 15.0. The van der Waals surface area contributed by atoms with E-state index >= 15 is 0 Å². The molecule has 0 bridgehead atoms. The summed E-state index contributed by atoms with van der Waals surface area (Å²) >= 11 is 0. The van der Waals surface area contributed by atoms with Crippen LogP contribution in [0.5, 0.6) is 0 Å². The number of esters is 1. The van der Waals surface area contributed by atoms with E-state index in [1.807, 2.05) is 4.72 Å². The molecule has 0 saturated carbocycles. The number of benzene rings is 1. The highest BCUT2D eigenvalue weighted by molar-refractivity contribution is 7.89. The molecule has 2 rings (SSSR count). The third-order valence-corrected chi connectivity index (χ3v) is 4.86. The number of ether oxygens (including phenoxy) is 1. The Labute approximate surface area is 152 Å². The van der Waals surface area contributed by atoms with E-state index < -0.39 is 46.7 Å². The zero-order chi connectivity index (χ0) is 20.2. The average Bonchev–Trinajstić information content (AvgIpc) is 2.94. The lowest BCUT2D eigenvalue weighted by Gasteiger charge is -2.08. The van der Waals surface area contributed by atoms with Gasteiger partial charge in [-0.1, -0.05) is 5.16 Å². The first-order valence-corrected chi connectivity index (χ1v) is 8.91. The van der Waals surface area contributed by atoms with E-state index in [1.165, 1.54) is 13.8 Å². The van der Waals surface area contributed by atoms with Gasteiger partial charge >= 0.3 is 5.97 Å². The molecule has 0 radical (unpaired) electrons. The molecule has 0 unspecified atom stereocenters. The van der Waals surface area contributed by atoms with Crippen molar-refractivity contribution in [1.29, 1.82) is 0 Å². The number of hydrogen-bond acceptors (Lipinski definition) is 7. The summed E-state index contributed by atoms with van der Waals surface area (Å²) in [6.07, 6.45) is 0. The normalized spacial score (nSPS) is 11.3. The van der Waals surface area contributed by atoms with Crippen LogP contribution in [0.2, 0.25) is 0 Å². The summed E-state index contributed by atoms with van der Waals surface area (Å²) in [5.41, 5.74) is 0.0911. The van der Waals surface area contributed by atoms with Crippen LogP contribution in [0.25, 0.3) is 0 Å². The molecule has 12 heteroatoms. The standard InChI is InChI=1S/C15H15F2N3O6S/c1-8-15(9(2)26-20-8)27(23,24)18-6-14(22)25-7-13(21)19-10-3-4-11(16)12(17)5-10/h3-5,18H,6-7H2,1-2H3,(H,19,21). The van der Waals surface area contributed by atoms with Gasteiger partial charge in [0.25, 0.3) is 5.91 Å². The van der Waals surface area contributed by atoms with Crippen molar-refractivity contribution in [3.63, 3.8) is 0 Å². The predicted octanol–water partition coefficient (Wildman–Crippen LogP) is 1.03. The molecule has 146 valence electrons. The number of nitrogens with zero attached hydrogens (tertiary/aromatic N) is 1. The molecule has 2 aromatic rings. The Morgan fingerprint density at radius 2 is 1.93 bits per heavy atom. The topological polar surface area (TPSA) is 128 Å². The lowest BCUT2D eigenvalue weighted by molar-refractivity contribution is -0.146.